The van der Waals surface area contributed by atoms with Gasteiger partial charge in [0.2, 0.25) is 0 Å². The fourth-order valence-corrected chi connectivity index (χ4v) is 8.65. The highest BCUT2D eigenvalue weighted by Gasteiger charge is 2.24. The van der Waals surface area contributed by atoms with Gasteiger partial charge in [0.05, 0.1) is 22.2 Å². The lowest BCUT2D eigenvalue weighted by Crippen LogP contribution is -1.97. The number of benzene rings is 8. The molecule has 4 nitrogen and oxygen atoms in total. The maximum Gasteiger partial charge on any atom is 0.160 e. The van der Waals surface area contributed by atoms with Gasteiger partial charge in [-0.15, -0.1) is 0 Å². The van der Waals surface area contributed by atoms with E-state index in [0.29, 0.717) is 5.82 Å². The minimum absolute atomic E-state index is 0.706. The summed E-state index contributed by atoms with van der Waals surface area (Å²) in [4.78, 5) is 10.4. The molecule has 52 heavy (non-hydrogen) atoms. The summed E-state index contributed by atoms with van der Waals surface area (Å²) < 4.78 is 8.67. The maximum atomic E-state index is 6.34. The molecule has 0 saturated heterocycles. The molecule has 3 heterocycles. The molecule has 0 spiro atoms. The normalized spacial score (nSPS) is 12.2. The second-order valence-electron chi connectivity index (χ2n) is 13.7. The maximum absolute atomic E-state index is 6.34. The van der Waals surface area contributed by atoms with Crippen LogP contribution in [-0.2, 0) is 0 Å². The molecule has 1 aliphatic rings. The first kappa shape index (κ1) is 27.7. The summed E-state index contributed by atoms with van der Waals surface area (Å²) >= 11 is 0. The number of hydrogen-bond donors (Lipinski definition) is 0. The van der Waals surface area contributed by atoms with E-state index in [1.807, 2.05) is 12.1 Å². The Labute approximate surface area is 297 Å². The van der Waals surface area contributed by atoms with Crippen LogP contribution in [0.5, 0.6) is 0 Å². The number of rotatable bonds is 3. The van der Waals surface area contributed by atoms with Crippen molar-refractivity contribution in [2.24, 2.45) is 0 Å². The molecule has 0 atom stereocenters. The van der Waals surface area contributed by atoms with Crippen LogP contribution in [0.15, 0.2) is 168 Å². The van der Waals surface area contributed by atoms with E-state index in [0.717, 1.165) is 66.4 Å². The van der Waals surface area contributed by atoms with Crippen molar-refractivity contribution in [3.8, 4) is 50.6 Å². The van der Waals surface area contributed by atoms with Crippen LogP contribution in [0.3, 0.4) is 0 Å². The summed E-state index contributed by atoms with van der Waals surface area (Å²) in [6.45, 7) is 0. The summed E-state index contributed by atoms with van der Waals surface area (Å²) in [6, 6.07) is 58.2. The van der Waals surface area contributed by atoms with E-state index in [1.54, 1.807) is 0 Å². The topological polar surface area (TPSA) is 43.9 Å². The number of para-hydroxylation sites is 3. The van der Waals surface area contributed by atoms with Crippen LogP contribution in [0.4, 0.5) is 0 Å². The predicted molar refractivity (Wildman–Crippen MR) is 214 cm³/mol. The fraction of sp³-hybridized carbons (Fsp3) is 0. The van der Waals surface area contributed by atoms with Crippen molar-refractivity contribution in [2.45, 2.75) is 0 Å². The molecule has 240 valence electrons. The second kappa shape index (κ2) is 10.3. The number of fused-ring (bicyclic) bond motifs is 10. The Morgan fingerprint density at radius 2 is 1.08 bits per heavy atom. The molecular formula is C48H27N3O. The third-order valence-corrected chi connectivity index (χ3v) is 11.0. The van der Waals surface area contributed by atoms with Gasteiger partial charge in [0.25, 0.3) is 0 Å². The SMILES string of the molecule is c1ccc2c(c1)-c1cccc3c(-c4nc(-c5ccc(-n6c7ccccc7c7cc8c(cc76)oc6ccccc68)cc5)nc5ccccc45)ccc-2c13. The molecule has 8 aromatic carbocycles. The molecule has 11 aromatic rings. The van der Waals surface area contributed by atoms with Crippen molar-refractivity contribution >= 4 is 65.4 Å². The van der Waals surface area contributed by atoms with Crippen LogP contribution in [-0.4, -0.2) is 14.5 Å². The highest BCUT2D eigenvalue weighted by Crippen LogP contribution is 2.49. The lowest BCUT2D eigenvalue weighted by Gasteiger charge is -2.13. The standard InChI is InChI=1S/C48H27N3O/c1-2-11-31-30(10-1)34-15-9-16-35-37(25-24-36(31)46(34)35)47-38-14-3-6-17-41(38)49-48(50-47)28-20-22-29(23-21-28)51-42-18-7-4-12-32(42)39-26-40-33-13-5-8-19-44(33)52-45(40)27-43(39)51/h1-27H. The fourth-order valence-electron chi connectivity index (χ4n) is 8.65. The van der Waals surface area contributed by atoms with Crippen LogP contribution < -0.4 is 0 Å². The van der Waals surface area contributed by atoms with E-state index in [-0.39, 0.29) is 0 Å². The Balaban J connectivity index is 1.03. The predicted octanol–water partition coefficient (Wildman–Crippen LogP) is 12.8. The summed E-state index contributed by atoms with van der Waals surface area (Å²) in [6.07, 6.45) is 0. The molecule has 0 bridgehead atoms. The first-order valence-electron chi connectivity index (χ1n) is 17.7. The lowest BCUT2D eigenvalue weighted by molar-refractivity contribution is 0.669. The zero-order valence-electron chi connectivity index (χ0n) is 27.8. The minimum Gasteiger partial charge on any atom is -0.456 e. The van der Waals surface area contributed by atoms with Crippen molar-refractivity contribution in [1.29, 1.82) is 0 Å². The molecule has 0 amide bonds. The van der Waals surface area contributed by atoms with Crippen LogP contribution in [0.25, 0.3) is 116 Å². The van der Waals surface area contributed by atoms with Gasteiger partial charge in [-0.25, -0.2) is 9.97 Å². The van der Waals surface area contributed by atoms with Gasteiger partial charge in [0, 0.05) is 49.8 Å². The van der Waals surface area contributed by atoms with Crippen LogP contribution in [0, 0.1) is 0 Å². The molecule has 0 aliphatic heterocycles. The molecule has 0 saturated carbocycles. The van der Waals surface area contributed by atoms with Crippen molar-refractivity contribution in [3.05, 3.63) is 164 Å². The van der Waals surface area contributed by atoms with E-state index in [2.05, 4.69) is 156 Å². The van der Waals surface area contributed by atoms with Gasteiger partial charge in [-0.2, -0.15) is 0 Å². The van der Waals surface area contributed by atoms with Gasteiger partial charge < -0.3 is 8.98 Å². The van der Waals surface area contributed by atoms with Crippen molar-refractivity contribution in [1.82, 2.24) is 14.5 Å². The van der Waals surface area contributed by atoms with E-state index in [4.69, 9.17) is 14.4 Å². The summed E-state index contributed by atoms with van der Waals surface area (Å²) in [5.41, 5.74) is 14.2. The lowest BCUT2D eigenvalue weighted by atomic mass is 9.95. The monoisotopic (exact) mass is 661 g/mol. The van der Waals surface area contributed by atoms with Gasteiger partial charge in [-0.1, -0.05) is 109 Å². The first-order valence-corrected chi connectivity index (χ1v) is 17.7. The molecule has 12 rings (SSSR count). The van der Waals surface area contributed by atoms with Gasteiger partial charge in [-0.05, 0) is 81.6 Å². The molecular weight excluding hydrogens is 635 g/mol. The van der Waals surface area contributed by atoms with E-state index >= 15 is 0 Å². The van der Waals surface area contributed by atoms with Crippen molar-refractivity contribution < 1.29 is 4.42 Å². The third-order valence-electron chi connectivity index (χ3n) is 11.0. The van der Waals surface area contributed by atoms with Gasteiger partial charge in [0.1, 0.15) is 11.2 Å². The Morgan fingerprint density at radius 3 is 1.94 bits per heavy atom. The molecule has 0 radical (unpaired) electrons. The minimum atomic E-state index is 0.706. The summed E-state index contributed by atoms with van der Waals surface area (Å²) in [5, 5.41) is 8.23. The largest absolute Gasteiger partial charge is 0.456 e. The Kier molecular flexibility index (Phi) is 5.47. The van der Waals surface area contributed by atoms with E-state index < -0.39 is 0 Å². The molecule has 4 heteroatoms. The average Bonchev–Trinajstić information content (AvgIpc) is 3.85. The van der Waals surface area contributed by atoms with Crippen LogP contribution in [0.1, 0.15) is 0 Å². The van der Waals surface area contributed by atoms with Gasteiger partial charge >= 0.3 is 0 Å². The molecule has 3 aromatic heterocycles. The highest BCUT2D eigenvalue weighted by molar-refractivity contribution is 6.20. The first-order chi connectivity index (χ1) is 25.8. The van der Waals surface area contributed by atoms with Crippen molar-refractivity contribution in [3.63, 3.8) is 0 Å². The molecule has 0 fully saturated rings. The van der Waals surface area contributed by atoms with Gasteiger partial charge in [0.15, 0.2) is 5.82 Å². The van der Waals surface area contributed by atoms with Crippen molar-refractivity contribution in [2.75, 3.05) is 0 Å². The van der Waals surface area contributed by atoms with E-state index in [9.17, 15) is 0 Å². The van der Waals surface area contributed by atoms with Gasteiger partial charge in [-0.3, -0.25) is 0 Å². The molecule has 1 aliphatic carbocycles. The number of aromatic nitrogens is 3. The molecule has 0 N–H and O–H groups in total. The summed E-state index contributed by atoms with van der Waals surface area (Å²) in [7, 11) is 0. The third kappa shape index (κ3) is 3.75. The van der Waals surface area contributed by atoms with Crippen LogP contribution in [0.2, 0.25) is 0 Å². The molecule has 0 unspecified atom stereocenters. The number of furan rings is 1. The Morgan fingerprint density at radius 1 is 0.404 bits per heavy atom. The number of nitrogens with zero attached hydrogens (tertiary/aromatic N) is 3. The smallest absolute Gasteiger partial charge is 0.160 e. The Bertz CT molecular complexity index is 3260. The van der Waals surface area contributed by atoms with E-state index in [1.165, 1.54) is 43.8 Å². The Hall–Kier alpha value is -7.04. The summed E-state index contributed by atoms with van der Waals surface area (Å²) in [5.74, 6) is 0.706. The quantitative estimate of drug-likeness (QED) is 0.189. The highest BCUT2D eigenvalue weighted by atomic mass is 16.3. The second-order valence-corrected chi connectivity index (χ2v) is 13.7. The van der Waals surface area contributed by atoms with Crippen LogP contribution >= 0.6 is 0 Å². The zero-order valence-corrected chi connectivity index (χ0v) is 27.8. The average molecular weight is 662 g/mol. The number of hydrogen-bond acceptors (Lipinski definition) is 3. The zero-order chi connectivity index (χ0) is 33.9.